The Labute approximate surface area is 115 Å². The van der Waals surface area contributed by atoms with E-state index >= 15 is 0 Å². The molecule has 94 valence electrons. The van der Waals surface area contributed by atoms with Crippen molar-refractivity contribution >= 4 is 34.3 Å². The van der Waals surface area contributed by atoms with E-state index in [9.17, 15) is 4.79 Å². The Kier molecular flexibility index (Phi) is 5.70. The van der Waals surface area contributed by atoms with Crippen LogP contribution < -0.4 is 10.6 Å². The first-order valence-corrected chi connectivity index (χ1v) is 6.59. The Hall–Kier alpha value is -0.820. The van der Waals surface area contributed by atoms with Gasteiger partial charge in [-0.05, 0) is 53.6 Å². The molecule has 0 saturated heterocycles. The average molecular weight is 348 g/mol. The molecule has 0 aliphatic carbocycles. The summed E-state index contributed by atoms with van der Waals surface area (Å²) in [6.07, 6.45) is 0.704. The van der Waals surface area contributed by atoms with Crippen molar-refractivity contribution < 1.29 is 9.90 Å². The highest BCUT2D eigenvalue weighted by Crippen LogP contribution is 2.20. The second kappa shape index (κ2) is 6.80. The third-order valence-corrected chi connectivity index (χ3v) is 3.73. The van der Waals surface area contributed by atoms with Crippen LogP contribution >= 0.6 is 22.6 Å². The summed E-state index contributed by atoms with van der Waals surface area (Å²) in [5.74, 6) is 0. The molecule has 0 bridgehead atoms. The molecule has 4 nitrogen and oxygen atoms in total. The van der Waals surface area contributed by atoms with Gasteiger partial charge >= 0.3 is 6.03 Å². The number of rotatable bonds is 4. The molecule has 0 heterocycles. The normalized spacial score (nSPS) is 12.0. The maximum atomic E-state index is 11.7. The Balaban J connectivity index is 2.65. The van der Waals surface area contributed by atoms with Gasteiger partial charge in [0.2, 0.25) is 0 Å². The molecular formula is C12H17IN2O2. The summed E-state index contributed by atoms with van der Waals surface area (Å²) >= 11 is 2.23. The number of hydrogen-bond acceptors (Lipinski definition) is 2. The highest BCUT2D eigenvalue weighted by atomic mass is 127. The van der Waals surface area contributed by atoms with E-state index in [0.717, 1.165) is 14.8 Å². The summed E-state index contributed by atoms with van der Waals surface area (Å²) in [6.45, 7) is 3.83. The average Bonchev–Trinajstić information content (AvgIpc) is 2.32. The van der Waals surface area contributed by atoms with Gasteiger partial charge in [-0.2, -0.15) is 0 Å². The smallest absolute Gasteiger partial charge is 0.319 e. The van der Waals surface area contributed by atoms with Crippen molar-refractivity contribution in [1.82, 2.24) is 5.32 Å². The van der Waals surface area contributed by atoms with Crippen LogP contribution in [0, 0.1) is 10.5 Å². The number of benzene rings is 1. The second-order valence-corrected chi connectivity index (χ2v) is 4.96. The Morgan fingerprint density at radius 3 is 2.82 bits per heavy atom. The van der Waals surface area contributed by atoms with Gasteiger partial charge in [0.05, 0.1) is 12.6 Å². The minimum absolute atomic E-state index is 0.0464. The fourth-order valence-corrected chi connectivity index (χ4v) is 1.86. The van der Waals surface area contributed by atoms with E-state index < -0.39 is 0 Å². The molecule has 1 aromatic carbocycles. The molecule has 0 radical (unpaired) electrons. The lowest BCUT2D eigenvalue weighted by Gasteiger charge is -2.16. The number of aliphatic hydroxyl groups excluding tert-OH is 1. The molecule has 0 spiro atoms. The van der Waals surface area contributed by atoms with Crippen LogP contribution in [0.25, 0.3) is 0 Å². The number of urea groups is 1. The first kappa shape index (κ1) is 14.2. The van der Waals surface area contributed by atoms with Crippen LogP contribution in [0.4, 0.5) is 10.5 Å². The largest absolute Gasteiger partial charge is 0.394 e. The zero-order chi connectivity index (χ0) is 12.8. The van der Waals surface area contributed by atoms with Crippen molar-refractivity contribution in [2.24, 2.45) is 0 Å². The third-order valence-electron chi connectivity index (χ3n) is 2.56. The topological polar surface area (TPSA) is 61.4 Å². The zero-order valence-electron chi connectivity index (χ0n) is 9.96. The molecule has 1 atom stereocenters. The van der Waals surface area contributed by atoms with Crippen molar-refractivity contribution in [2.75, 3.05) is 11.9 Å². The second-order valence-electron chi connectivity index (χ2n) is 3.80. The summed E-state index contributed by atoms with van der Waals surface area (Å²) in [5, 5.41) is 14.5. The quantitative estimate of drug-likeness (QED) is 0.733. The SMILES string of the molecule is CC[C@@H](CO)NC(=O)Nc1cccc(I)c1C. The van der Waals surface area contributed by atoms with Gasteiger partial charge < -0.3 is 15.7 Å². The monoisotopic (exact) mass is 348 g/mol. The summed E-state index contributed by atoms with van der Waals surface area (Å²) in [5.41, 5.74) is 1.84. The van der Waals surface area contributed by atoms with Gasteiger partial charge in [-0.1, -0.05) is 13.0 Å². The molecule has 0 aliphatic heterocycles. The molecule has 0 fully saturated rings. The highest BCUT2D eigenvalue weighted by molar-refractivity contribution is 14.1. The van der Waals surface area contributed by atoms with Crippen LogP contribution in [-0.4, -0.2) is 23.8 Å². The molecule has 2 amide bonds. The van der Waals surface area contributed by atoms with Gasteiger partial charge in [0.25, 0.3) is 0 Å². The van der Waals surface area contributed by atoms with E-state index in [-0.39, 0.29) is 18.7 Å². The lowest BCUT2D eigenvalue weighted by Crippen LogP contribution is -2.39. The highest BCUT2D eigenvalue weighted by Gasteiger charge is 2.10. The van der Waals surface area contributed by atoms with Crippen molar-refractivity contribution in [1.29, 1.82) is 0 Å². The Morgan fingerprint density at radius 2 is 2.24 bits per heavy atom. The van der Waals surface area contributed by atoms with Crippen molar-refractivity contribution in [3.05, 3.63) is 27.3 Å². The van der Waals surface area contributed by atoms with Crippen LogP contribution in [0.3, 0.4) is 0 Å². The minimum atomic E-state index is -0.281. The summed E-state index contributed by atoms with van der Waals surface area (Å²) < 4.78 is 1.11. The third kappa shape index (κ3) is 4.16. The maximum absolute atomic E-state index is 11.7. The first-order chi connectivity index (χ1) is 8.08. The number of halogens is 1. The van der Waals surface area contributed by atoms with Gasteiger partial charge in [-0.25, -0.2) is 4.79 Å². The van der Waals surface area contributed by atoms with Gasteiger partial charge in [-0.15, -0.1) is 0 Å². The number of nitrogens with one attached hydrogen (secondary N) is 2. The molecule has 0 aromatic heterocycles. The predicted octanol–water partition coefficient (Wildman–Crippen LogP) is 2.49. The number of amides is 2. The van der Waals surface area contributed by atoms with E-state index in [1.165, 1.54) is 0 Å². The fourth-order valence-electron chi connectivity index (χ4n) is 1.36. The number of hydrogen-bond donors (Lipinski definition) is 3. The Bertz CT molecular complexity index is 392. The van der Waals surface area contributed by atoms with Crippen LogP contribution in [0.2, 0.25) is 0 Å². The first-order valence-electron chi connectivity index (χ1n) is 5.52. The van der Waals surface area contributed by atoms with Crippen molar-refractivity contribution in [3.63, 3.8) is 0 Å². The minimum Gasteiger partial charge on any atom is -0.394 e. The lowest BCUT2D eigenvalue weighted by molar-refractivity contribution is 0.222. The number of carbonyl (C=O) groups is 1. The van der Waals surface area contributed by atoms with Gasteiger partial charge in [0, 0.05) is 9.26 Å². The van der Waals surface area contributed by atoms with Gasteiger partial charge in [0.15, 0.2) is 0 Å². The van der Waals surface area contributed by atoms with Crippen molar-refractivity contribution in [3.8, 4) is 0 Å². The molecule has 1 rings (SSSR count). The van der Waals surface area contributed by atoms with Crippen LogP contribution in [0.5, 0.6) is 0 Å². The molecule has 3 N–H and O–H groups in total. The van der Waals surface area contributed by atoms with E-state index in [0.29, 0.717) is 6.42 Å². The Morgan fingerprint density at radius 1 is 1.53 bits per heavy atom. The zero-order valence-corrected chi connectivity index (χ0v) is 12.1. The molecule has 0 aliphatic rings. The lowest BCUT2D eigenvalue weighted by atomic mass is 10.2. The van der Waals surface area contributed by atoms with Gasteiger partial charge in [-0.3, -0.25) is 0 Å². The summed E-state index contributed by atoms with van der Waals surface area (Å²) in [4.78, 5) is 11.7. The van der Waals surface area contributed by atoms with Crippen LogP contribution in [0.15, 0.2) is 18.2 Å². The molecular weight excluding hydrogens is 331 g/mol. The van der Waals surface area contributed by atoms with E-state index in [4.69, 9.17) is 5.11 Å². The molecule has 5 heteroatoms. The van der Waals surface area contributed by atoms with Crippen molar-refractivity contribution in [2.45, 2.75) is 26.3 Å². The van der Waals surface area contributed by atoms with E-state index in [1.807, 2.05) is 32.0 Å². The number of carbonyl (C=O) groups excluding carboxylic acids is 1. The van der Waals surface area contributed by atoms with Crippen LogP contribution in [0.1, 0.15) is 18.9 Å². The fraction of sp³-hybridized carbons (Fsp3) is 0.417. The van der Waals surface area contributed by atoms with E-state index in [2.05, 4.69) is 33.2 Å². The van der Waals surface area contributed by atoms with Crippen LogP contribution in [-0.2, 0) is 0 Å². The summed E-state index contributed by atoms with van der Waals surface area (Å²) in [7, 11) is 0. The number of anilines is 1. The standard InChI is InChI=1S/C12H17IN2O2/c1-3-9(7-16)14-12(17)15-11-6-4-5-10(13)8(11)2/h4-6,9,16H,3,7H2,1-2H3,(H2,14,15,17)/t9-/m0/s1. The molecule has 0 unspecified atom stereocenters. The molecule has 1 aromatic rings. The summed E-state index contributed by atoms with van der Waals surface area (Å²) in [6, 6.07) is 5.26. The molecule has 17 heavy (non-hydrogen) atoms. The van der Waals surface area contributed by atoms with Gasteiger partial charge in [0.1, 0.15) is 0 Å². The maximum Gasteiger partial charge on any atom is 0.319 e. The molecule has 0 saturated carbocycles. The van der Waals surface area contributed by atoms with E-state index in [1.54, 1.807) is 0 Å². The predicted molar refractivity (Wildman–Crippen MR) is 77.2 cm³/mol. The number of aliphatic hydroxyl groups is 1.